The van der Waals surface area contributed by atoms with Gasteiger partial charge in [-0.15, -0.1) is 0 Å². The minimum Gasteiger partial charge on any atom is -0.333 e. The van der Waals surface area contributed by atoms with Gasteiger partial charge in [0.1, 0.15) is 0 Å². The van der Waals surface area contributed by atoms with Crippen molar-refractivity contribution in [2.24, 2.45) is 11.8 Å². The van der Waals surface area contributed by atoms with E-state index in [1.54, 1.807) is 0 Å². The Kier molecular flexibility index (Phi) is 0.819. The second kappa shape index (κ2) is 1.60. The normalized spacial score (nSPS) is 50.7. The van der Waals surface area contributed by atoms with Gasteiger partial charge in [0.25, 0.3) is 0 Å². The minimum absolute atomic E-state index is 0.0124. The second-order valence-corrected chi connectivity index (χ2v) is 3.62. The lowest BCUT2D eigenvalue weighted by Crippen LogP contribution is -2.36. The Morgan fingerprint density at radius 3 is 2.27 bits per heavy atom. The highest BCUT2D eigenvalue weighted by Crippen LogP contribution is 2.40. The van der Waals surface area contributed by atoms with Crippen molar-refractivity contribution in [2.75, 3.05) is 0 Å². The highest BCUT2D eigenvalue weighted by Gasteiger charge is 2.49. The number of urea groups is 1. The molecule has 0 unspecified atom stereocenters. The third-order valence-corrected chi connectivity index (χ3v) is 3.05. The first-order valence-electron chi connectivity index (χ1n) is 4.10. The molecule has 11 heavy (non-hydrogen) atoms. The average molecular weight is 150 g/mol. The van der Waals surface area contributed by atoms with Gasteiger partial charge in [-0.05, 0) is 18.3 Å². The van der Waals surface area contributed by atoms with Crippen LogP contribution in [0, 0.1) is 11.8 Å². The van der Waals surface area contributed by atoms with Crippen LogP contribution in [0.4, 0.5) is 4.79 Å². The lowest BCUT2D eigenvalue weighted by molar-refractivity contribution is 0.245. The van der Waals surface area contributed by atoms with Crippen LogP contribution >= 0.6 is 0 Å². The fourth-order valence-electron chi connectivity index (χ4n) is 2.56. The molecule has 58 valence electrons. The average Bonchev–Trinajstić information content (AvgIpc) is 2.53. The maximum absolute atomic E-state index is 10.9. The summed E-state index contributed by atoms with van der Waals surface area (Å²) in [5.74, 6) is 1.20. The Morgan fingerprint density at radius 2 is 1.73 bits per heavy atom. The van der Waals surface area contributed by atoms with Gasteiger partial charge in [-0.1, -0.05) is 12.2 Å². The summed E-state index contributed by atoms with van der Waals surface area (Å²) in [6, 6.07) is 0.786. The molecule has 0 radical (unpaired) electrons. The highest BCUT2D eigenvalue weighted by atomic mass is 16.2. The molecule has 3 heteroatoms. The monoisotopic (exact) mass is 150 g/mol. The Hall–Kier alpha value is -0.990. The maximum atomic E-state index is 10.9. The van der Waals surface area contributed by atoms with E-state index in [0.29, 0.717) is 23.9 Å². The first kappa shape index (κ1) is 5.63. The zero-order valence-corrected chi connectivity index (χ0v) is 6.08. The summed E-state index contributed by atoms with van der Waals surface area (Å²) >= 11 is 0. The number of hydrogen-bond donors (Lipinski definition) is 2. The second-order valence-electron chi connectivity index (χ2n) is 3.62. The quantitative estimate of drug-likeness (QED) is 0.477. The van der Waals surface area contributed by atoms with Crippen molar-refractivity contribution in [3.05, 3.63) is 12.2 Å². The molecule has 1 saturated heterocycles. The first-order chi connectivity index (χ1) is 5.34. The summed E-state index contributed by atoms with van der Waals surface area (Å²) in [7, 11) is 0. The number of carbonyl (C=O) groups is 1. The smallest absolute Gasteiger partial charge is 0.315 e. The molecule has 3 rings (SSSR count). The van der Waals surface area contributed by atoms with E-state index in [1.807, 2.05) is 0 Å². The molecule has 1 saturated carbocycles. The van der Waals surface area contributed by atoms with E-state index in [2.05, 4.69) is 22.8 Å². The van der Waals surface area contributed by atoms with Crippen molar-refractivity contribution in [1.82, 2.24) is 10.6 Å². The topological polar surface area (TPSA) is 41.1 Å². The van der Waals surface area contributed by atoms with Crippen LogP contribution in [0.15, 0.2) is 12.2 Å². The van der Waals surface area contributed by atoms with Crippen molar-refractivity contribution in [3.63, 3.8) is 0 Å². The molecule has 1 heterocycles. The lowest BCUT2D eigenvalue weighted by Gasteiger charge is -2.17. The molecule has 2 bridgehead atoms. The molecular formula is C8H10N2O. The van der Waals surface area contributed by atoms with Crippen LogP contribution < -0.4 is 10.6 Å². The number of hydrogen-bond acceptors (Lipinski definition) is 1. The molecule has 0 aromatic rings. The molecule has 4 atom stereocenters. The van der Waals surface area contributed by atoms with Gasteiger partial charge in [0.2, 0.25) is 0 Å². The van der Waals surface area contributed by atoms with Gasteiger partial charge in [-0.2, -0.15) is 0 Å². The van der Waals surface area contributed by atoms with E-state index in [1.165, 1.54) is 6.42 Å². The zero-order chi connectivity index (χ0) is 7.42. The first-order valence-corrected chi connectivity index (χ1v) is 4.10. The maximum Gasteiger partial charge on any atom is 0.315 e. The van der Waals surface area contributed by atoms with Gasteiger partial charge in [0, 0.05) is 0 Å². The number of carbonyl (C=O) groups excluding carboxylic acids is 1. The fraction of sp³-hybridized carbons (Fsp3) is 0.625. The van der Waals surface area contributed by atoms with Gasteiger partial charge >= 0.3 is 6.03 Å². The fourth-order valence-corrected chi connectivity index (χ4v) is 2.56. The largest absolute Gasteiger partial charge is 0.333 e. The van der Waals surface area contributed by atoms with Crippen LogP contribution in [0.2, 0.25) is 0 Å². The summed E-state index contributed by atoms with van der Waals surface area (Å²) in [5, 5.41) is 5.89. The van der Waals surface area contributed by atoms with Crippen molar-refractivity contribution in [2.45, 2.75) is 18.5 Å². The van der Waals surface area contributed by atoms with Crippen molar-refractivity contribution in [3.8, 4) is 0 Å². The van der Waals surface area contributed by atoms with E-state index >= 15 is 0 Å². The Bertz CT molecular complexity index is 226. The van der Waals surface area contributed by atoms with Gasteiger partial charge in [0.15, 0.2) is 0 Å². The molecule has 0 spiro atoms. The van der Waals surface area contributed by atoms with Crippen molar-refractivity contribution >= 4 is 6.03 Å². The molecule has 2 amide bonds. The van der Waals surface area contributed by atoms with E-state index < -0.39 is 0 Å². The molecule has 3 aliphatic rings. The van der Waals surface area contributed by atoms with Crippen LogP contribution in [0.25, 0.3) is 0 Å². The number of rotatable bonds is 0. The Morgan fingerprint density at radius 1 is 1.18 bits per heavy atom. The van der Waals surface area contributed by atoms with Crippen LogP contribution in [0.3, 0.4) is 0 Å². The van der Waals surface area contributed by atoms with Crippen LogP contribution in [-0.2, 0) is 0 Å². The van der Waals surface area contributed by atoms with Crippen molar-refractivity contribution < 1.29 is 4.79 Å². The Balaban J connectivity index is 1.97. The predicted molar refractivity (Wildman–Crippen MR) is 40.0 cm³/mol. The van der Waals surface area contributed by atoms with E-state index in [-0.39, 0.29) is 6.03 Å². The summed E-state index contributed by atoms with van der Waals surface area (Å²) in [4.78, 5) is 10.9. The van der Waals surface area contributed by atoms with E-state index in [0.717, 1.165) is 0 Å². The zero-order valence-electron chi connectivity index (χ0n) is 6.08. The minimum atomic E-state index is 0.0124. The molecule has 0 aromatic heterocycles. The van der Waals surface area contributed by atoms with Gasteiger partial charge in [-0.3, -0.25) is 0 Å². The molecular weight excluding hydrogens is 140 g/mol. The van der Waals surface area contributed by atoms with Gasteiger partial charge in [0.05, 0.1) is 12.1 Å². The standard InChI is InChI=1S/C8H10N2O/c11-8-9-6-4-1-2-5(3-4)7(6)10-8/h1-2,4-7H,3H2,(H2,9,10,11)/t4-,5-,6-,7+/m0/s1. The van der Waals surface area contributed by atoms with Gasteiger partial charge < -0.3 is 10.6 Å². The molecule has 2 aliphatic carbocycles. The van der Waals surface area contributed by atoms with E-state index in [9.17, 15) is 4.79 Å². The third kappa shape index (κ3) is 0.564. The summed E-state index contributed by atoms with van der Waals surface area (Å²) in [5.41, 5.74) is 0. The molecule has 1 aliphatic heterocycles. The highest BCUT2D eigenvalue weighted by molar-refractivity contribution is 5.78. The predicted octanol–water partition coefficient (Wildman–Crippen LogP) is 0.242. The van der Waals surface area contributed by atoms with Crippen molar-refractivity contribution in [1.29, 1.82) is 0 Å². The third-order valence-electron chi connectivity index (χ3n) is 3.05. The molecule has 3 nitrogen and oxygen atoms in total. The van der Waals surface area contributed by atoms with Crippen LogP contribution in [0.5, 0.6) is 0 Å². The van der Waals surface area contributed by atoms with Crippen LogP contribution in [0.1, 0.15) is 6.42 Å². The molecule has 2 fully saturated rings. The number of nitrogens with one attached hydrogen (secondary N) is 2. The molecule has 0 aromatic carbocycles. The summed E-state index contributed by atoms with van der Waals surface area (Å²) < 4.78 is 0. The summed E-state index contributed by atoms with van der Waals surface area (Å²) in [6.07, 6.45) is 5.70. The SMILES string of the molecule is O=C1N[C@@H]2[C@H](N1)[C@H]1C=C[C@H]2C1. The van der Waals surface area contributed by atoms with Crippen LogP contribution in [-0.4, -0.2) is 18.1 Å². The lowest BCUT2D eigenvalue weighted by atomic mass is 9.98. The van der Waals surface area contributed by atoms with E-state index in [4.69, 9.17) is 0 Å². The Labute approximate surface area is 64.8 Å². The number of amides is 2. The number of fused-ring (bicyclic) bond motifs is 5. The summed E-state index contributed by atoms with van der Waals surface area (Å²) in [6.45, 7) is 0. The molecule has 2 N–H and O–H groups in total. The van der Waals surface area contributed by atoms with Gasteiger partial charge in [-0.25, -0.2) is 4.79 Å².